The summed E-state index contributed by atoms with van der Waals surface area (Å²) < 4.78 is 35.8. The molecule has 0 spiro atoms. The van der Waals surface area contributed by atoms with Crippen molar-refractivity contribution in [3.05, 3.63) is 83.9 Å². The van der Waals surface area contributed by atoms with Crippen molar-refractivity contribution in [2.45, 2.75) is 11.8 Å². The molecule has 166 valence electrons. The number of nitrogens with one attached hydrogen (secondary N) is 2. The van der Waals surface area contributed by atoms with Crippen LogP contribution in [-0.4, -0.2) is 34.3 Å². The Morgan fingerprint density at radius 2 is 1.59 bits per heavy atom. The molecule has 0 fully saturated rings. The van der Waals surface area contributed by atoms with Crippen LogP contribution >= 0.6 is 0 Å². The normalized spacial score (nSPS) is 11.5. The summed E-state index contributed by atoms with van der Waals surface area (Å²) in [7, 11) is -1.19. The number of amides is 1. The van der Waals surface area contributed by atoms with Crippen LogP contribution in [0, 0.1) is 0 Å². The Labute approximate surface area is 186 Å². The Morgan fingerprint density at radius 1 is 0.875 bits per heavy atom. The number of nitrogens with zero attached hydrogens (tertiary/aromatic N) is 1. The number of methoxy groups -OCH3 is 2. The van der Waals surface area contributed by atoms with Crippen LogP contribution in [0.15, 0.2) is 82.8 Å². The maximum Gasteiger partial charge on any atom is 0.280 e. The molecule has 0 aromatic heterocycles. The van der Waals surface area contributed by atoms with Crippen molar-refractivity contribution >= 4 is 27.3 Å². The highest BCUT2D eigenvalue weighted by Gasteiger charge is 2.20. The molecule has 0 atom stereocenters. The van der Waals surface area contributed by atoms with Crippen molar-refractivity contribution in [1.29, 1.82) is 0 Å². The molecule has 0 saturated heterocycles. The molecule has 0 aliphatic heterocycles. The summed E-state index contributed by atoms with van der Waals surface area (Å²) in [5, 5.41) is 6.84. The minimum atomic E-state index is -4.02. The van der Waals surface area contributed by atoms with Gasteiger partial charge < -0.3 is 14.8 Å². The quantitative estimate of drug-likeness (QED) is 0.400. The van der Waals surface area contributed by atoms with Gasteiger partial charge in [0.15, 0.2) is 0 Å². The minimum Gasteiger partial charge on any atom is -0.497 e. The highest BCUT2D eigenvalue weighted by atomic mass is 32.2. The standard InChI is InChI=1S/C23H23N3O5S/c1-16(25-26-32(28,29)22-15-20(30-2)12-13-21(22)31-3)18-10-7-11-19(14-18)24-23(27)17-8-5-4-6-9-17/h4-15,26H,1-3H3,(H,24,27)/b25-16-. The molecule has 0 radical (unpaired) electrons. The summed E-state index contributed by atoms with van der Waals surface area (Å²) in [5.41, 5.74) is 2.13. The first-order valence-corrected chi connectivity index (χ1v) is 11.1. The van der Waals surface area contributed by atoms with Gasteiger partial charge >= 0.3 is 0 Å². The second-order valence-corrected chi connectivity index (χ2v) is 8.34. The van der Waals surface area contributed by atoms with Gasteiger partial charge in [0.1, 0.15) is 16.4 Å². The van der Waals surface area contributed by atoms with Crippen molar-refractivity contribution in [2.24, 2.45) is 5.10 Å². The number of carbonyl (C=O) groups is 1. The fraction of sp³-hybridized carbons (Fsp3) is 0.130. The highest BCUT2D eigenvalue weighted by Crippen LogP contribution is 2.28. The summed E-state index contributed by atoms with van der Waals surface area (Å²) in [5.74, 6) is 0.286. The molecule has 0 aliphatic rings. The van der Waals surface area contributed by atoms with E-state index in [4.69, 9.17) is 9.47 Å². The first-order chi connectivity index (χ1) is 15.3. The molecule has 3 aromatic carbocycles. The average Bonchev–Trinajstić information content (AvgIpc) is 2.82. The summed E-state index contributed by atoms with van der Waals surface area (Å²) in [4.78, 5) is 14.5. The zero-order valence-corrected chi connectivity index (χ0v) is 18.6. The summed E-state index contributed by atoms with van der Waals surface area (Å²) in [6.45, 7) is 1.66. The highest BCUT2D eigenvalue weighted by molar-refractivity contribution is 7.89. The largest absolute Gasteiger partial charge is 0.497 e. The molecule has 3 aromatic rings. The van der Waals surface area contributed by atoms with Crippen LogP contribution in [0.3, 0.4) is 0 Å². The van der Waals surface area contributed by atoms with E-state index >= 15 is 0 Å². The molecule has 2 N–H and O–H groups in total. The maximum atomic E-state index is 12.8. The van der Waals surface area contributed by atoms with Crippen LogP contribution in [0.25, 0.3) is 0 Å². The average molecular weight is 454 g/mol. The lowest BCUT2D eigenvalue weighted by atomic mass is 10.1. The van der Waals surface area contributed by atoms with Crippen molar-refractivity contribution in [2.75, 3.05) is 19.5 Å². The summed E-state index contributed by atoms with van der Waals surface area (Å²) in [6, 6.07) is 20.2. The predicted octanol–water partition coefficient (Wildman–Crippen LogP) is 3.66. The number of benzene rings is 3. The van der Waals surface area contributed by atoms with E-state index in [0.717, 1.165) is 0 Å². The Kier molecular flexibility index (Phi) is 7.11. The molecular formula is C23H23N3O5S. The third-order valence-corrected chi connectivity index (χ3v) is 5.80. The van der Waals surface area contributed by atoms with Gasteiger partial charge in [-0.05, 0) is 48.9 Å². The Hall–Kier alpha value is -3.85. The van der Waals surface area contributed by atoms with Crippen molar-refractivity contribution in [3.63, 3.8) is 0 Å². The fourth-order valence-corrected chi connectivity index (χ4v) is 3.89. The van der Waals surface area contributed by atoms with E-state index in [1.165, 1.54) is 26.4 Å². The van der Waals surface area contributed by atoms with Gasteiger partial charge in [-0.15, -0.1) is 0 Å². The van der Waals surface area contributed by atoms with Gasteiger partial charge in [0, 0.05) is 17.3 Å². The molecule has 8 nitrogen and oxygen atoms in total. The first kappa shape index (κ1) is 22.8. The number of carbonyl (C=O) groups excluding carboxylic acids is 1. The molecule has 0 unspecified atom stereocenters. The number of hydrazone groups is 1. The van der Waals surface area contributed by atoms with Gasteiger partial charge in [-0.25, -0.2) is 0 Å². The maximum absolute atomic E-state index is 12.8. The van der Waals surface area contributed by atoms with E-state index in [1.807, 2.05) is 6.07 Å². The number of anilines is 1. The zero-order valence-electron chi connectivity index (χ0n) is 17.8. The van der Waals surface area contributed by atoms with Crippen molar-refractivity contribution in [1.82, 2.24) is 4.83 Å². The van der Waals surface area contributed by atoms with E-state index < -0.39 is 10.0 Å². The van der Waals surface area contributed by atoms with Crippen LogP contribution in [0.2, 0.25) is 0 Å². The SMILES string of the molecule is COc1ccc(OC)c(S(=O)(=O)N/N=C(/C)c2cccc(NC(=O)c3ccccc3)c2)c1. The van der Waals surface area contributed by atoms with Gasteiger partial charge in [-0.2, -0.15) is 18.4 Å². The molecule has 0 heterocycles. The Bertz CT molecular complexity index is 1240. The zero-order chi connectivity index (χ0) is 23.1. The van der Waals surface area contributed by atoms with Crippen molar-refractivity contribution < 1.29 is 22.7 Å². The number of hydrogen-bond donors (Lipinski definition) is 2. The predicted molar refractivity (Wildman–Crippen MR) is 123 cm³/mol. The minimum absolute atomic E-state index is 0.0974. The van der Waals surface area contributed by atoms with E-state index in [2.05, 4.69) is 15.2 Å². The number of rotatable bonds is 8. The van der Waals surface area contributed by atoms with Crippen LogP contribution in [0.1, 0.15) is 22.8 Å². The molecule has 0 saturated carbocycles. The second-order valence-electron chi connectivity index (χ2n) is 6.71. The Morgan fingerprint density at radius 3 is 2.28 bits per heavy atom. The third kappa shape index (κ3) is 5.44. The monoisotopic (exact) mass is 453 g/mol. The van der Waals surface area contributed by atoms with Crippen LogP contribution in [0.5, 0.6) is 11.5 Å². The van der Waals surface area contributed by atoms with E-state index in [1.54, 1.807) is 61.5 Å². The van der Waals surface area contributed by atoms with Crippen LogP contribution in [-0.2, 0) is 10.0 Å². The van der Waals surface area contributed by atoms with E-state index in [0.29, 0.717) is 28.3 Å². The van der Waals surface area contributed by atoms with Crippen LogP contribution < -0.4 is 19.6 Å². The molecule has 9 heteroatoms. The number of sulfonamides is 1. The third-order valence-electron chi connectivity index (χ3n) is 4.57. The fourth-order valence-electron chi connectivity index (χ4n) is 2.85. The molecule has 32 heavy (non-hydrogen) atoms. The van der Waals surface area contributed by atoms with Gasteiger partial charge in [0.2, 0.25) is 0 Å². The van der Waals surface area contributed by atoms with E-state index in [-0.39, 0.29) is 16.6 Å². The van der Waals surface area contributed by atoms with E-state index in [9.17, 15) is 13.2 Å². The van der Waals surface area contributed by atoms with Crippen molar-refractivity contribution in [3.8, 4) is 11.5 Å². The lowest BCUT2D eigenvalue weighted by molar-refractivity contribution is 0.102. The molecule has 3 rings (SSSR count). The van der Waals surface area contributed by atoms with Crippen LogP contribution in [0.4, 0.5) is 5.69 Å². The van der Waals surface area contributed by atoms with Gasteiger partial charge in [-0.3, -0.25) is 4.79 Å². The summed E-state index contributed by atoms with van der Waals surface area (Å²) >= 11 is 0. The molecule has 0 bridgehead atoms. The Balaban J connectivity index is 1.79. The molecular weight excluding hydrogens is 430 g/mol. The lowest BCUT2D eigenvalue weighted by Gasteiger charge is -2.11. The first-order valence-electron chi connectivity index (χ1n) is 9.59. The molecule has 0 aliphatic carbocycles. The van der Waals surface area contributed by atoms with Gasteiger partial charge in [0.05, 0.1) is 19.9 Å². The number of hydrogen-bond acceptors (Lipinski definition) is 6. The lowest BCUT2D eigenvalue weighted by Crippen LogP contribution is -2.21. The number of ether oxygens (including phenoxy) is 2. The second kappa shape index (κ2) is 9.97. The topological polar surface area (TPSA) is 106 Å². The molecule has 1 amide bonds. The summed E-state index contributed by atoms with van der Waals surface area (Å²) in [6.07, 6.45) is 0. The van der Waals surface area contributed by atoms with Gasteiger partial charge in [0.25, 0.3) is 15.9 Å². The smallest absolute Gasteiger partial charge is 0.280 e. The van der Waals surface area contributed by atoms with Gasteiger partial charge in [-0.1, -0.05) is 30.3 Å².